The van der Waals surface area contributed by atoms with Gasteiger partial charge >= 0.3 is 0 Å². The third-order valence-corrected chi connectivity index (χ3v) is 18.0. The SMILES string of the molecule is COc1ccc(Cc2csc(N3CCN(S(=O)(=O)c4ccc(Cl)c(Cl)c4)CC3)n2)c(OC)c1.COc1ccc(OC)c(Cc2csc(N3CCN(S(=O)(=O)c4ccc(Cl)c(Cl)c4)CC3)n2)c1. The van der Waals surface area contributed by atoms with Crippen molar-refractivity contribution < 1.29 is 35.8 Å². The van der Waals surface area contributed by atoms with E-state index in [0.717, 1.165) is 55.8 Å². The summed E-state index contributed by atoms with van der Waals surface area (Å²) in [5, 5.41) is 6.89. The van der Waals surface area contributed by atoms with Crippen LogP contribution >= 0.6 is 69.1 Å². The molecule has 0 atom stereocenters. The molecule has 2 saturated heterocycles. The molecular formula is C44H46Cl4N6O8S4. The van der Waals surface area contributed by atoms with E-state index in [-0.39, 0.29) is 19.8 Å². The van der Waals surface area contributed by atoms with E-state index >= 15 is 0 Å². The lowest BCUT2D eigenvalue weighted by molar-refractivity contribution is 0.384. The zero-order valence-electron chi connectivity index (χ0n) is 36.2. The largest absolute Gasteiger partial charge is 0.497 e. The number of aromatic nitrogens is 2. The summed E-state index contributed by atoms with van der Waals surface area (Å²) >= 11 is 27.0. The molecule has 0 radical (unpaired) electrons. The Morgan fingerprint density at radius 3 is 1.38 bits per heavy atom. The van der Waals surface area contributed by atoms with Gasteiger partial charge in [-0.05, 0) is 60.7 Å². The van der Waals surface area contributed by atoms with Crippen molar-refractivity contribution in [3.05, 3.63) is 126 Å². The van der Waals surface area contributed by atoms with E-state index < -0.39 is 20.0 Å². The Labute approximate surface area is 413 Å². The number of hydrogen-bond acceptors (Lipinski definition) is 14. The number of hydrogen-bond donors (Lipinski definition) is 0. The van der Waals surface area contributed by atoms with E-state index in [9.17, 15) is 16.8 Å². The molecule has 66 heavy (non-hydrogen) atoms. The van der Waals surface area contributed by atoms with E-state index in [1.54, 1.807) is 51.1 Å². The zero-order chi connectivity index (χ0) is 47.2. The van der Waals surface area contributed by atoms with Crippen LogP contribution in [0.5, 0.6) is 23.0 Å². The third-order valence-electron chi connectivity index (χ3n) is 10.9. The van der Waals surface area contributed by atoms with Crippen molar-refractivity contribution in [2.24, 2.45) is 0 Å². The minimum Gasteiger partial charge on any atom is -0.497 e. The van der Waals surface area contributed by atoms with E-state index in [1.807, 2.05) is 47.2 Å². The highest BCUT2D eigenvalue weighted by Crippen LogP contribution is 2.33. The number of piperazine rings is 2. The van der Waals surface area contributed by atoms with Gasteiger partial charge < -0.3 is 28.7 Å². The predicted molar refractivity (Wildman–Crippen MR) is 264 cm³/mol. The highest BCUT2D eigenvalue weighted by Gasteiger charge is 2.31. The van der Waals surface area contributed by atoms with Crippen LogP contribution < -0.4 is 28.7 Å². The monoisotopic (exact) mass is 1050 g/mol. The second-order valence-corrected chi connectivity index (χ2v) is 22.1. The molecule has 2 fully saturated rings. The average molecular weight is 1060 g/mol. The van der Waals surface area contributed by atoms with E-state index in [1.165, 1.54) is 45.0 Å². The van der Waals surface area contributed by atoms with Gasteiger partial charge in [-0.2, -0.15) is 8.61 Å². The van der Waals surface area contributed by atoms with Crippen molar-refractivity contribution in [3.63, 3.8) is 0 Å². The number of anilines is 2. The molecule has 0 N–H and O–H groups in total. The molecule has 2 aromatic heterocycles. The van der Waals surface area contributed by atoms with Gasteiger partial charge in [0.25, 0.3) is 0 Å². The summed E-state index contributed by atoms with van der Waals surface area (Å²) in [5.74, 6) is 3.04. The quantitative estimate of drug-likeness (QED) is 0.103. The molecule has 2 aliphatic rings. The molecule has 8 rings (SSSR count). The average Bonchev–Trinajstić information content (AvgIpc) is 4.01. The van der Waals surface area contributed by atoms with E-state index in [0.29, 0.717) is 75.2 Å². The lowest BCUT2D eigenvalue weighted by Gasteiger charge is -2.33. The maximum absolute atomic E-state index is 13.0. The summed E-state index contributed by atoms with van der Waals surface area (Å²) < 4.78 is 76.4. The molecular weight excluding hydrogens is 1010 g/mol. The van der Waals surface area contributed by atoms with Crippen LogP contribution in [0.4, 0.5) is 10.3 Å². The summed E-state index contributed by atoms with van der Waals surface area (Å²) in [4.78, 5) is 14.1. The molecule has 0 spiro atoms. The van der Waals surface area contributed by atoms with Crippen molar-refractivity contribution in [1.29, 1.82) is 0 Å². The Hall–Kier alpha value is -4.08. The summed E-state index contributed by atoms with van der Waals surface area (Å²) in [7, 11) is -0.737. The second kappa shape index (κ2) is 21.9. The molecule has 352 valence electrons. The van der Waals surface area contributed by atoms with E-state index in [4.69, 9.17) is 75.3 Å². The van der Waals surface area contributed by atoms with Gasteiger partial charge in [-0.3, -0.25) is 0 Å². The first kappa shape index (κ1) is 49.8. The van der Waals surface area contributed by atoms with Crippen molar-refractivity contribution in [2.45, 2.75) is 22.6 Å². The summed E-state index contributed by atoms with van der Waals surface area (Å²) in [6.45, 7) is 3.67. The van der Waals surface area contributed by atoms with Crippen LogP contribution in [-0.4, -0.2) is 116 Å². The van der Waals surface area contributed by atoms with Crippen molar-refractivity contribution in [1.82, 2.24) is 18.6 Å². The zero-order valence-corrected chi connectivity index (χ0v) is 42.5. The number of methoxy groups -OCH3 is 4. The minimum absolute atomic E-state index is 0.147. The van der Waals surface area contributed by atoms with Crippen LogP contribution in [0.1, 0.15) is 22.5 Å². The normalized spacial score (nSPS) is 15.0. The Morgan fingerprint density at radius 2 is 0.939 bits per heavy atom. The van der Waals surface area contributed by atoms with Crippen molar-refractivity contribution >= 4 is 99.4 Å². The maximum atomic E-state index is 13.0. The molecule has 14 nitrogen and oxygen atoms in total. The van der Waals surface area contributed by atoms with Crippen LogP contribution in [0.3, 0.4) is 0 Å². The molecule has 0 unspecified atom stereocenters. The Bertz CT molecular complexity index is 2870. The minimum atomic E-state index is -3.64. The Balaban J connectivity index is 0.000000196. The molecule has 22 heteroatoms. The number of sulfonamides is 2. The lowest BCUT2D eigenvalue weighted by Crippen LogP contribution is -2.48. The van der Waals surface area contributed by atoms with Crippen LogP contribution in [0.15, 0.2) is 93.3 Å². The van der Waals surface area contributed by atoms with Gasteiger partial charge in [-0.25, -0.2) is 26.8 Å². The van der Waals surface area contributed by atoms with Gasteiger partial charge in [0.1, 0.15) is 23.0 Å². The summed E-state index contributed by atoms with van der Waals surface area (Å²) in [5.41, 5.74) is 3.87. The van der Waals surface area contributed by atoms with Crippen molar-refractivity contribution in [2.75, 3.05) is 90.6 Å². The number of nitrogens with zero attached hydrogens (tertiary/aromatic N) is 6. The van der Waals surface area contributed by atoms with Crippen LogP contribution in [0, 0.1) is 0 Å². The molecule has 4 aromatic carbocycles. The summed E-state index contributed by atoms with van der Waals surface area (Å²) in [6.07, 6.45) is 1.25. The lowest BCUT2D eigenvalue weighted by atomic mass is 10.1. The van der Waals surface area contributed by atoms with Gasteiger partial charge in [0.05, 0.1) is 69.7 Å². The fourth-order valence-corrected chi connectivity index (χ4v) is 12.6. The highest BCUT2D eigenvalue weighted by atomic mass is 35.5. The van der Waals surface area contributed by atoms with Gasteiger partial charge in [-0.15, -0.1) is 22.7 Å². The first-order chi connectivity index (χ1) is 31.6. The van der Waals surface area contributed by atoms with Gasteiger partial charge in [0.2, 0.25) is 20.0 Å². The summed E-state index contributed by atoms with van der Waals surface area (Å²) in [6, 6.07) is 20.2. The fraction of sp³-hybridized carbons (Fsp3) is 0.318. The maximum Gasteiger partial charge on any atom is 0.243 e. The number of benzene rings is 4. The fourth-order valence-electron chi connectivity index (χ4n) is 7.27. The molecule has 6 aromatic rings. The van der Waals surface area contributed by atoms with Crippen LogP contribution in [0.2, 0.25) is 20.1 Å². The molecule has 0 aliphatic carbocycles. The molecule has 0 saturated carbocycles. The number of rotatable bonds is 14. The number of halogens is 4. The van der Waals surface area contributed by atoms with Crippen LogP contribution in [0.25, 0.3) is 0 Å². The Kier molecular flexibility index (Phi) is 16.5. The highest BCUT2D eigenvalue weighted by molar-refractivity contribution is 7.89. The smallest absolute Gasteiger partial charge is 0.243 e. The van der Waals surface area contributed by atoms with E-state index in [2.05, 4.69) is 9.80 Å². The molecule has 0 bridgehead atoms. The second-order valence-electron chi connectivity index (χ2n) is 14.9. The number of thiazole rings is 2. The Morgan fingerprint density at radius 1 is 0.500 bits per heavy atom. The van der Waals surface area contributed by atoms with Crippen molar-refractivity contribution in [3.8, 4) is 23.0 Å². The molecule has 2 aliphatic heterocycles. The number of ether oxygens (including phenoxy) is 4. The first-order valence-corrected chi connectivity index (χ1v) is 26.5. The standard InChI is InChI=1S/2C22H23Cl2N3O4S2/c1-30-17-3-6-21(31-2)15(12-17)11-16-14-32-22(25-16)26-7-9-27(10-8-26)33(28,29)18-4-5-19(23)20(24)13-18;1-30-17-4-3-15(21(12-17)31-2)11-16-14-32-22(25-16)26-7-9-27(10-8-26)33(28,29)18-5-6-19(23)20(24)13-18/h2*3-6,12-14H,7-11H2,1-2H3. The van der Waals surface area contributed by atoms with Crippen LogP contribution in [-0.2, 0) is 32.9 Å². The molecule has 0 amide bonds. The van der Waals surface area contributed by atoms with Gasteiger partial charge in [0.15, 0.2) is 10.3 Å². The van der Waals surface area contributed by atoms with Gasteiger partial charge in [-0.1, -0.05) is 52.5 Å². The third kappa shape index (κ3) is 11.6. The molecule has 4 heterocycles. The topological polar surface area (TPSA) is 144 Å². The predicted octanol–water partition coefficient (Wildman–Crippen LogP) is 9.14. The first-order valence-electron chi connectivity index (χ1n) is 20.3. The van der Waals surface area contributed by atoms with Gasteiger partial charge in [0, 0.05) is 93.2 Å².